The maximum absolute atomic E-state index is 14.1. The molecule has 0 aliphatic rings. The van der Waals surface area contributed by atoms with E-state index in [0.29, 0.717) is 11.3 Å². The molecular weight excluding hydrogens is 569 g/mol. The largest absolute Gasteiger partial charge is 0.488 e. The molecule has 3 rings (SSSR count). The first-order valence-electron chi connectivity index (χ1n) is 13.3. The maximum atomic E-state index is 14.1. The molecule has 0 spiro atoms. The molecule has 0 bridgehead atoms. The lowest BCUT2D eigenvalue weighted by Crippen LogP contribution is -2.57. The van der Waals surface area contributed by atoms with Gasteiger partial charge in [0.05, 0.1) is 29.7 Å². The second-order valence-corrected chi connectivity index (χ2v) is 11.4. The standard InChI is InChI=1S/C29H35F3N6O5/c1-8-43-22-11-18(14-34-24(22)39)23-33-15-21(16(2)35-23)37-25(40)36-19-10-9-17(20(12-19)29(30,31)32)13-28(6,7)38(26(41)42)27(3,4)5/h9-12,14-15H,8,13H2,1-7H3,(H,34,39)(H,41,42)(H2,36,37,40). The van der Waals surface area contributed by atoms with Crippen molar-refractivity contribution < 1.29 is 32.6 Å². The number of urea groups is 1. The van der Waals surface area contributed by atoms with E-state index in [-0.39, 0.29) is 41.5 Å². The number of halogens is 3. The topological polar surface area (TPSA) is 150 Å². The molecule has 0 saturated carbocycles. The number of hydrogen-bond acceptors (Lipinski definition) is 6. The fraction of sp³-hybridized carbons (Fsp3) is 0.414. The minimum Gasteiger partial charge on any atom is -0.488 e. The van der Waals surface area contributed by atoms with Gasteiger partial charge in [-0.05, 0) is 78.6 Å². The number of carboxylic acid groups (broad SMARTS) is 1. The van der Waals surface area contributed by atoms with Crippen LogP contribution in [-0.2, 0) is 12.6 Å². The number of nitrogens with one attached hydrogen (secondary N) is 3. The van der Waals surface area contributed by atoms with Crippen LogP contribution in [0, 0.1) is 6.92 Å². The summed E-state index contributed by atoms with van der Waals surface area (Å²) in [5.41, 5.74) is -2.64. The Balaban J connectivity index is 1.81. The average Bonchev–Trinajstić information content (AvgIpc) is 2.85. The predicted octanol–water partition coefficient (Wildman–Crippen LogP) is 6.30. The van der Waals surface area contributed by atoms with E-state index in [1.807, 2.05) is 0 Å². The molecule has 43 heavy (non-hydrogen) atoms. The zero-order chi connectivity index (χ0) is 32.3. The van der Waals surface area contributed by atoms with Gasteiger partial charge in [0, 0.05) is 28.5 Å². The minimum atomic E-state index is -4.76. The smallest absolute Gasteiger partial charge is 0.416 e. The zero-order valence-electron chi connectivity index (χ0n) is 24.9. The van der Waals surface area contributed by atoms with Gasteiger partial charge >= 0.3 is 18.3 Å². The summed E-state index contributed by atoms with van der Waals surface area (Å²) < 4.78 is 47.6. The number of aromatic amines is 1. The van der Waals surface area contributed by atoms with Gasteiger partial charge in [0.25, 0.3) is 5.56 Å². The van der Waals surface area contributed by atoms with Crippen molar-refractivity contribution in [2.24, 2.45) is 0 Å². The van der Waals surface area contributed by atoms with Crippen molar-refractivity contribution in [3.05, 3.63) is 63.8 Å². The Morgan fingerprint density at radius 1 is 1.09 bits per heavy atom. The monoisotopic (exact) mass is 604 g/mol. The molecule has 2 heterocycles. The van der Waals surface area contributed by atoms with Gasteiger partial charge in [0.2, 0.25) is 0 Å². The van der Waals surface area contributed by atoms with E-state index < -0.39 is 40.5 Å². The Bertz CT molecular complexity index is 1560. The fourth-order valence-corrected chi connectivity index (χ4v) is 4.94. The van der Waals surface area contributed by atoms with Gasteiger partial charge in [0.15, 0.2) is 11.6 Å². The molecule has 232 valence electrons. The first kappa shape index (κ1) is 32.9. The van der Waals surface area contributed by atoms with Crippen molar-refractivity contribution in [3.63, 3.8) is 0 Å². The van der Waals surface area contributed by atoms with Crippen LogP contribution in [0.4, 0.5) is 34.1 Å². The Morgan fingerprint density at radius 2 is 1.77 bits per heavy atom. The number of aryl methyl sites for hydroxylation is 1. The third-order valence-electron chi connectivity index (χ3n) is 6.42. The number of anilines is 2. The van der Waals surface area contributed by atoms with Gasteiger partial charge in [0.1, 0.15) is 0 Å². The van der Waals surface area contributed by atoms with Crippen molar-refractivity contribution in [3.8, 4) is 17.1 Å². The maximum Gasteiger partial charge on any atom is 0.416 e. The summed E-state index contributed by atoms with van der Waals surface area (Å²) in [5.74, 6) is 0.353. The van der Waals surface area contributed by atoms with Crippen LogP contribution in [0.15, 0.2) is 41.5 Å². The molecule has 0 aliphatic carbocycles. The number of alkyl halides is 3. The van der Waals surface area contributed by atoms with Crippen molar-refractivity contribution >= 4 is 23.5 Å². The number of benzene rings is 1. The molecule has 3 amide bonds. The van der Waals surface area contributed by atoms with Crippen LogP contribution in [0.5, 0.6) is 5.75 Å². The zero-order valence-corrected chi connectivity index (χ0v) is 24.9. The predicted molar refractivity (Wildman–Crippen MR) is 155 cm³/mol. The molecule has 0 fully saturated rings. The normalized spacial score (nSPS) is 12.0. The second-order valence-electron chi connectivity index (χ2n) is 11.4. The molecule has 0 radical (unpaired) electrons. The number of H-pyrrole nitrogens is 1. The van der Waals surface area contributed by atoms with Gasteiger partial charge in [-0.1, -0.05) is 6.07 Å². The summed E-state index contributed by atoms with van der Waals surface area (Å²) in [5, 5.41) is 14.7. The number of nitrogens with zero attached hydrogens (tertiary/aromatic N) is 3. The number of amides is 3. The Hall–Kier alpha value is -4.62. The van der Waals surface area contributed by atoms with E-state index in [0.717, 1.165) is 11.0 Å². The van der Waals surface area contributed by atoms with Crippen LogP contribution in [0.25, 0.3) is 11.4 Å². The van der Waals surface area contributed by atoms with Crippen molar-refractivity contribution in [1.82, 2.24) is 19.9 Å². The molecule has 0 unspecified atom stereocenters. The molecule has 0 saturated heterocycles. The summed E-state index contributed by atoms with van der Waals surface area (Å²) >= 11 is 0. The molecule has 1 aromatic carbocycles. The SMILES string of the molecule is CCOc1cc(-c2ncc(NC(=O)Nc3ccc(CC(C)(C)N(C(=O)O)C(C)(C)C)c(C(F)(F)F)c3)c(C)n2)c[nH]c1=O. The van der Waals surface area contributed by atoms with Gasteiger partial charge in [-0.25, -0.2) is 19.6 Å². The van der Waals surface area contributed by atoms with Crippen LogP contribution in [-0.4, -0.2) is 54.8 Å². The third-order valence-corrected chi connectivity index (χ3v) is 6.42. The van der Waals surface area contributed by atoms with Gasteiger partial charge in [-0.3, -0.25) is 9.69 Å². The lowest BCUT2D eigenvalue weighted by molar-refractivity contribution is -0.138. The lowest BCUT2D eigenvalue weighted by atomic mass is 9.87. The van der Waals surface area contributed by atoms with Crippen LogP contribution in [0.2, 0.25) is 0 Å². The van der Waals surface area contributed by atoms with E-state index >= 15 is 0 Å². The van der Waals surface area contributed by atoms with Gasteiger partial charge < -0.3 is 25.5 Å². The molecule has 0 atom stereocenters. The number of ether oxygens (including phenoxy) is 1. The van der Waals surface area contributed by atoms with E-state index in [9.17, 15) is 32.7 Å². The second kappa shape index (κ2) is 12.3. The number of carbonyl (C=O) groups is 2. The highest BCUT2D eigenvalue weighted by molar-refractivity contribution is 6.00. The summed E-state index contributed by atoms with van der Waals surface area (Å²) in [6.07, 6.45) is -3.48. The molecule has 11 nitrogen and oxygen atoms in total. The summed E-state index contributed by atoms with van der Waals surface area (Å²) in [6.45, 7) is 11.8. The van der Waals surface area contributed by atoms with E-state index in [1.54, 1.807) is 48.5 Å². The Kier molecular flexibility index (Phi) is 9.42. The highest BCUT2D eigenvalue weighted by atomic mass is 19.4. The number of pyridine rings is 1. The number of carbonyl (C=O) groups excluding carboxylic acids is 1. The molecular formula is C29H35F3N6O5. The minimum absolute atomic E-state index is 0.101. The molecule has 0 aliphatic heterocycles. The first-order chi connectivity index (χ1) is 19.8. The molecule has 3 aromatic rings. The first-order valence-corrected chi connectivity index (χ1v) is 13.3. The lowest BCUT2D eigenvalue weighted by Gasteiger charge is -2.45. The van der Waals surface area contributed by atoms with E-state index in [4.69, 9.17) is 4.74 Å². The Labute approximate surface area is 246 Å². The highest BCUT2D eigenvalue weighted by Gasteiger charge is 2.41. The summed E-state index contributed by atoms with van der Waals surface area (Å²) in [4.78, 5) is 48.8. The molecule has 4 N–H and O–H groups in total. The highest BCUT2D eigenvalue weighted by Crippen LogP contribution is 2.37. The summed E-state index contributed by atoms with van der Waals surface area (Å²) in [7, 11) is 0. The summed E-state index contributed by atoms with van der Waals surface area (Å²) in [6, 6.07) is 4.02. The van der Waals surface area contributed by atoms with Gasteiger partial charge in [-0.15, -0.1) is 0 Å². The van der Waals surface area contributed by atoms with Crippen molar-refractivity contribution in [1.29, 1.82) is 0 Å². The molecule has 2 aromatic heterocycles. The van der Waals surface area contributed by atoms with Gasteiger partial charge in [-0.2, -0.15) is 13.2 Å². The van der Waals surface area contributed by atoms with Crippen molar-refractivity contribution in [2.75, 3.05) is 17.2 Å². The Morgan fingerprint density at radius 3 is 2.33 bits per heavy atom. The van der Waals surface area contributed by atoms with Crippen LogP contribution in [0.1, 0.15) is 58.4 Å². The van der Waals surface area contributed by atoms with E-state index in [2.05, 4.69) is 25.6 Å². The van der Waals surface area contributed by atoms with Crippen LogP contribution >= 0.6 is 0 Å². The quantitative estimate of drug-likeness (QED) is 0.236. The van der Waals surface area contributed by atoms with Crippen LogP contribution in [0.3, 0.4) is 0 Å². The number of hydrogen-bond donors (Lipinski definition) is 4. The number of aromatic nitrogens is 3. The fourth-order valence-electron chi connectivity index (χ4n) is 4.94. The van der Waals surface area contributed by atoms with E-state index in [1.165, 1.54) is 30.6 Å². The average molecular weight is 605 g/mol. The molecule has 14 heteroatoms. The number of rotatable bonds is 8. The van der Waals surface area contributed by atoms with Crippen molar-refractivity contribution in [2.45, 2.75) is 72.1 Å². The van der Waals surface area contributed by atoms with Crippen LogP contribution < -0.4 is 20.9 Å². The third kappa shape index (κ3) is 8.02.